The molecule has 0 amide bonds. The van der Waals surface area contributed by atoms with Crippen molar-refractivity contribution in [3.05, 3.63) is 18.2 Å². The topological polar surface area (TPSA) is 33.3 Å². The monoisotopic (exact) mass is 150 g/mol. The van der Waals surface area contributed by atoms with Crippen molar-refractivity contribution in [2.24, 2.45) is 0 Å². The SMILES string of the molecule is COc1ccc2c(c1)NCN2. The lowest BCUT2D eigenvalue weighted by Crippen LogP contribution is -1.98. The molecule has 1 aliphatic heterocycles. The van der Waals surface area contributed by atoms with E-state index in [4.69, 9.17) is 4.74 Å². The number of hydrogen-bond acceptors (Lipinski definition) is 3. The Morgan fingerprint density at radius 1 is 1.27 bits per heavy atom. The average molecular weight is 150 g/mol. The first-order valence-corrected chi connectivity index (χ1v) is 3.56. The van der Waals surface area contributed by atoms with Gasteiger partial charge in [0, 0.05) is 6.07 Å². The van der Waals surface area contributed by atoms with Gasteiger partial charge >= 0.3 is 0 Å². The predicted molar refractivity (Wildman–Crippen MR) is 45.1 cm³/mol. The van der Waals surface area contributed by atoms with E-state index in [9.17, 15) is 0 Å². The lowest BCUT2D eigenvalue weighted by Gasteiger charge is -2.01. The van der Waals surface area contributed by atoms with Crippen LogP contribution in [0.25, 0.3) is 0 Å². The summed E-state index contributed by atoms with van der Waals surface area (Å²) >= 11 is 0. The maximum atomic E-state index is 5.07. The van der Waals surface area contributed by atoms with Gasteiger partial charge in [0.25, 0.3) is 0 Å². The highest BCUT2D eigenvalue weighted by Crippen LogP contribution is 2.29. The molecule has 3 heteroatoms. The molecule has 2 N–H and O–H groups in total. The molecule has 0 saturated heterocycles. The van der Waals surface area contributed by atoms with Crippen LogP contribution in [0.15, 0.2) is 18.2 Å². The third kappa shape index (κ3) is 0.981. The van der Waals surface area contributed by atoms with Crippen molar-refractivity contribution in [2.75, 3.05) is 24.4 Å². The maximum Gasteiger partial charge on any atom is 0.121 e. The molecule has 0 aliphatic carbocycles. The fraction of sp³-hybridized carbons (Fsp3) is 0.250. The minimum Gasteiger partial charge on any atom is -0.497 e. The molecule has 1 aromatic carbocycles. The maximum absolute atomic E-state index is 5.07. The van der Waals surface area contributed by atoms with Gasteiger partial charge < -0.3 is 15.4 Å². The van der Waals surface area contributed by atoms with Gasteiger partial charge in [-0.1, -0.05) is 0 Å². The molecule has 0 bridgehead atoms. The Morgan fingerprint density at radius 2 is 2.09 bits per heavy atom. The van der Waals surface area contributed by atoms with Crippen molar-refractivity contribution in [1.82, 2.24) is 0 Å². The molecule has 3 nitrogen and oxygen atoms in total. The Hall–Kier alpha value is -1.38. The molecule has 0 radical (unpaired) electrons. The highest BCUT2D eigenvalue weighted by atomic mass is 16.5. The highest BCUT2D eigenvalue weighted by molar-refractivity contribution is 5.74. The van der Waals surface area contributed by atoms with Gasteiger partial charge in [0.05, 0.1) is 25.2 Å². The van der Waals surface area contributed by atoms with E-state index in [1.165, 1.54) is 0 Å². The smallest absolute Gasteiger partial charge is 0.121 e. The number of benzene rings is 1. The van der Waals surface area contributed by atoms with Crippen LogP contribution in [0.1, 0.15) is 0 Å². The van der Waals surface area contributed by atoms with Crippen LogP contribution in [-0.2, 0) is 0 Å². The molecule has 1 aliphatic rings. The largest absolute Gasteiger partial charge is 0.497 e. The van der Waals surface area contributed by atoms with Crippen molar-refractivity contribution in [3.8, 4) is 5.75 Å². The van der Waals surface area contributed by atoms with Gasteiger partial charge in [-0.15, -0.1) is 0 Å². The van der Waals surface area contributed by atoms with Crippen molar-refractivity contribution in [2.45, 2.75) is 0 Å². The first kappa shape index (κ1) is 6.34. The molecule has 0 saturated carbocycles. The van der Waals surface area contributed by atoms with Crippen molar-refractivity contribution >= 4 is 11.4 Å². The Bertz CT molecular complexity index is 273. The Kier molecular flexibility index (Phi) is 1.35. The van der Waals surface area contributed by atoms with Crippen LogP contribution in [0.3, 0.4) is 0 Å². The van der Waals surface area contributed by atoms with Gasteiger partial charge in [0.2, 0.25) is 0 Å². The zero-order chi connectivity index (χ0) is 7.68. The second-order valence-electron chi connectivity index (χ2n) is 2.44. The van der Waals surface area contributed by atoms with Crippen LogP contribution in [0.4, 0.5) is 11.4 Å². The molecule has 0 spiro atoms. The second-order valence-corrected chi connectivity index (χ2v) is 2.44. The second kappa shape index (κ2) is 2.34. The quantitative estimate of drug-likeness (QED) is 0.636. The summed E-state index contributed by atoms with van der Waals surface area (Å²) in [4.78, 5) is 0. The van der Waals surface area contributed by atoms with Crippen molar-refractivity contribution < 1.29 is 4.74 Å². The highest BCUT2D eigenvalue weighted by Gasteiger charge is 2.08. The molecule has 0 fully saturated rings. The van der Waals surface area contributed by atoms with E-state index in [2.05, 4.69) is 10.6 Å². The third-order valence-corrected chi connectivity index (χ3v) is 1.78. The molecule has 1 heterocycles. The van der Waals surface area contributed by atoms with Gasteiger partial charge in [-0.3, -0.25) is 0 Å². The predicted octanol–water partition coefficient (Wildman–Crippen LogP) is 1.49. The van der Waals surface area contributed by atoms with Crippen LogP contribution in [0, 0.1) is 0 Å². The van der Waals surface area contributed by atoms with Gasteiger partial charge in [-0.05, 0) is 12.1 Å². The van der Waals surface area contributed by atoms with Crippen molar-refractivity contribution in [3.63, 3.8) is 0 Å². The van der Waals surface area contributed by atoms with Crippen LogP contribution >= 0.6 is 0 Å². The van der Waals surface area contributed by atoms with Gasteiger partial charge in [0.1, 0.15) is 5.75 Å². The lowest BCUT2D eigenvalue weighted by molar-refractivity contribution is 0.415. The molecule has 1 aromatic rings. The first-order valence-electron chi connectivity index (χ1n) is 3.56. The summed E-state index contributed by atoms with van der Waals surface area (Å²) in [6, 6.07) is 5.93. The Balaban J connectivity index is 2.41. The molecule has 58 valence electrons. The Labute approximate surface area is 65.4 Å². The summed E-state index contributed by atoms with van der Waals surface area (Å²) in [6.07, 6.45) is 0. The number of nitrogens with one attached hydrogen (secondary N) is 2. The van der Waals surface area contributed by atoms with Crippen LogP contribution in [0.2, 0.25) is 0 Å². The summed E-state index contributed by atoms with van der Waals surface area (Å²) in [5.41, 5.74) is 2.26. The van der Waals surface area contributed by atoms with Crippen LogP contribution < -0.4 is 15.4 Å². The van der Waals surface area contributed by atoms with E-state index in [-0.39, 0.29) is 0 Å². The summed E-state index contributed by atoms with van der Waals surface area (Å²) in [7, 11) is 1.67. The fourth-order valence-electron chi connectivity index (χ4n) is 1.19. The number of rotatable bonds is 1. The number of hydrogen-bond donors (Lipinski definition) is 2. The minimum absolute atomic E-state index is 0.808. The van der Waals surface area contributed by atoms with Crippen LogP contribution in [0.5, 0.6) is 5.75 Å². The summed E-state index contributed by atoms with van der Waals surface area (Å²) < 4.78 is 5.07. The van der Waals surface area contributed by atoms with Crippen molar-refractivity contribution in [1.29, 1.82) is 0 Å². The zero-order valence-corrected chi connectivity index (χ0v) is 6.35. The van der Waals surface area contributed by atoms with E-state index >= 15 is 0 Å². The molecule has 0 unspecified atom stereocenters. The third-order valence-electron chi connectivity index (χ3n) is 1.78. The normalized spacial score (nSPS) is 13.2. The van der Waals surface area contributed by atoms with E-state index in [1.807, 2.05) is 18.2 Å². The van der Waals surface area contributed by atoms with Crippen LogP contribution in [-0.4, -0.2) is 13.8 Å². The summed E-state index contributed by atoms with van der Waals surface area (Å²) in [5, 5.41) is 6.37. The van der Waals surface area contributed by atoms with E-state index in [0.717, 1.165) is 23.8 Å². The summed E-state index contributed by atoms with van der Waals surface area (Å²) in [6.45, 7) is 0.808. The minimum atomic E-state index is 0.808. The number of methoxy groups -OCH3 is 1. The lowest BCUT2D eigenvalue weighted by atomic mass is 10.2. The van der Waals surface area contributed by atoms with Gasteiger partial charge in [-0.2, -0.15) is 0 Å². The Morgan fingerprint density at radius 3 is 2.91 bits per heavy atom. The fourth-order valence-corrected chi connectivity index (χ4v) is 1.19. The number of fused-ring (bicyclic) bond motifs is 1. The van der Waals surface area contributed by atoms with Gasteiger partial charge in [0.15, 0.2) is 0 Å². The number of anilines is 2. The van der Waals surface area contributed by atoms with Gasteiger partial charge in [-0.25, -0.2) is 0 Å². The number of ether oxygens (including phenoxy) is 1. The van der Waals surface area contributed by atoms with E-state index < -0.39 is 0 Å². The molecule has 11 heavy (non-hydrogen) atoms. The first-order chi connectivity index (χ1) is 5.40. The molecular weight excluding hydrogens is 140 g/mol. The molecule has 2 rings (SSSR count). The molecular formula is C8H10N2O. The average Bonchev–Trinajstić information content (AvgIpc) is 2.50. The standard InChI is InChI=1S/C8H10N2O/c1-11-6-2-3-7-8(4-6)10-5-9-7/h2-4,9-10H,5H2,1H3. The summed E-state index contributed by atoms with van der Waals surface area (Å²) in [5.74, 6) is 0.889. The van der Waals surface area contributed by atoms with E-state index in [0.29, 0.717) is 0 Å². The molecule has 0 aromatic heterocycles. The van der Waals surface area contributed by atoms with E-state index in [1.54, 1.807) is 7.11 Å². The molecule has 0 atom stereocenters. The zero-order valence-electron chi connectivity index (χ0n) is 6.35.